The first-order valence-corrected chi connectivity index (χ1v) is 9.47. The summed E-state index contributed by atoms with van der Waals surface area (Å²) in [7, 11) is -3.76. The fourth-order valence-electron chi connectivity index (χ4n) is 2.97. The van der Waals surface area contributed by atoms with Crippen molar-refractivity contribution in [3.63, 3.8) is 0 Å². The van der Waals surface area contributed by atoms with Crippen molar-refractivity contribution in [3.05, 3.63) is 59.9 Å². The van der Waals surface area contributed by atoms with Crippen molar-refractivity contribution in [2.75, 3.05) is 11.9 Å². The minimum atomic E-state index is -3.76. The molecule has 0 spiro atoms. The molecule has 0 radical (unpaired) electrons. The highest BCUT2D eigenvalue weighted by Gasteiger charge is 2.39. The van der Waals surface area contributed by atoms with E-state index in [-0.39, 0.29) is 17.1 Å². The monoisotopic (exact) mass is 362 g/mol. The summed E-state index contributed by atoms with van der Waals surface area (Å²) in [6.45, 7) is 2.06. The highest BCUT2D eigenvalue weighted by atomic mass is 32.2. The first-order valence-electron chi connectivity index (χ1n) is 8.03. The van der Waals surface area contributed by atoms with Crippen LogP contribution < -0.4 is 5.32 Å². The lowest BCUT2D eigenvalue weighted by molar-refractivity contribution is -0.119. The fourth-order valence-corrected chi connectivity index (χ4v) is 4.65. The quantitative estimate of drug-likeness (QED) is 0.909. The third kappa shape index (κ3) is 3.57. The van der Waals surface area contributed by atoms with Gasteiger partial charge in [0.05, 0.1) is 10.6 Å². The molecule has 1 amide bonds. The van der Waals surface area contributed by atoms with E-state index >= 15 is 0 Å². The second-order valence-corrected chi connectivity index (χ2v) is 7.95. The first-order chi connectivity index (χ1) is 11.9. The van der Waals surface area contributed by atoms with Gasteiger partial charge in [-0.2, -0.15) is 4.31 Å². The molecule has 1 aliphatic rings. The standard InChI is InChI=1S/C18H19FN2O3S/c1-13-9-10-15(19)16(12-13)20-18(22)17-8-5-11-21(17)25(23,24)14-6-3-2-4-7-14/h2-4,6-7,9-10,12,17H,5,8,11H2,1H3,(H,20,22). The molecule has 7 heteroatoms. The van der Waals surface area contributed by atoms with Crippen molar-refractivity contribution in [2.45, 2.75) is 30.7 Å². The van der Waals surface area contributed by atoms with Crippen LogP contribution in [-0.2, 0) is 14.8 Å². The molecule has 2 aromatic rings. The Labute approximate surface area is 146 Å². The number of carbonyl (C=O) groups is 1. The number of halogens is 1. The molecule has 1 N–H and O–H groups in total. The molecule has 1 saturated heterocycles. The molecule has 1 heterocycles. The van der Waals surface area contributed by atoms with Crippen LogP contribution in [0, 0.1) is 12.7 Å². The molecule has 2 aromatic carbocycles. The molecule has 3 rings (SSSR count). The number of hydrogen-bond donors (Lipinski definition) is 1. The molecule has 1 fully saturated rings. The van der Waals surface area contributed by atoms with Gasteiger partial charge in [0.25, 0.3) is 0 Å². The summed E-state index contributed by atoms with van der Waals surface area (Å²) in [5, 5.41) is 2.53. The highest BCUT2D eigenvalue weighted by molar-refractivity contribution is 7.89. The van der Waals surface area contributed by atoms with Crippen molar-refractivity contribution < 1.29 is 17.6 Å². The molecule has 0 bridgehead atoms. The SMILES string of the molecule is Cc1ccc(F)c(NC(=O)C2CCCN2S(=O)(=O)c2ccccc2)c1. The molecule has 25 heavy (non-hydrogen) atoms. The molecule has 1 aliphatic heterocycles. The topological polar surface area (TPSA) is 66.5 Å². The summed E-state index contributed by atoms with van der Waals surface area (Å²) in [6.07, 6.45) is 0.992. The third-order valence-electron chi connectivity index (χ3n) is 4.24. The second-order valence-electron chi connectivity index (χ2n) is 6.06. The van der Waals surface area contributed by atoms with E-state index in [2.05, 4.69) is 5.32 Å². The van der Waals surface area contributed by atoms with Gasteiger partial charge in [-0.25, -0.2) is 12.8 Å². The lowest BCUT2D eigenvalue weighted by Gasteiger charge is -2.23. The molecule has 5 nitrogen and oxygen atoms in total. The van der Waals surface area contributed by atoms with Gasteiger partial charge in [-0.05, 0) is 49.6 Å². The van der Waals surface area contributed by atoms with E-state index in [9.17, 15) is 17.6 Å². The van der Waals surface area contributed by atoms with Crippen LogP contribution in [0.5, 0.6) is 0 Å². The van der Waals surface area contributed by atoms with Gasteiger partial charge in [0, 0.05) is 6.54 Å². The Morgan fingerprint density at radius 3 is 2.64 bits per heavy atom. The van der Waals surface area contributed by atoms with Crippen LogP contribution in [-0.4, -0.2) is 31.2 Å². The summed E-state index contributed by atoms with van der Waals surface area (Å²) < 4.78 is 40.7. The van der Waals surface area contributed by atoms with E-state index in [0.29, 0.717) is 12.8 Å². The van der Waals surface area contributed by atoms with E-state index in [1.807, 2.05) is 0 Å². The maximum absolute atomic E-state index is 13.9. The summed E-state index contributed by atoms with van der Waals surface area (Å²) in [4.78, 5) is 12.7. The summed E-state index contributed by atoms with van der Waals surface area (Å²) >= 11 is 0. The van der Waals surface area contributed by atoms with Gasteiger partial charge in [0.1, 0.15) is 11.9 Å². The van der Waals surface area contributed by atoms with Crippen LogP contribution in [0.3, 0.4) is 0 Å². The van der Waals surface area contributed by atoms with Crippen LogP contribution in [0.2, 0.25) is 0 Å². The minimum Gasteiger partial charge on any atom is -0.322 e. The normalized spacial score (nSPS) is 18.2. The zero-order valence-electron chi connectivity index (χ0n) is 13.8. The van der Waals surface area contributed by atoms with Crippen molar-refractivity contribution in [1.82, 2.24) is 4.31 Å². The van der Waals surface area contributed by atoms with Crippen molar-refractivity contribution in [1.29, 1.82) is 0 Å². The maximum atomic E-state index is 13.9. The summed E-state index contributed by atoms with van der Waals surface area (Å²) in [5.74, 6) is -1.06. The third-order valence-corrected chi connectivity index (χ3v) is 6.16. The van der Waals surface area contributed by atoms with E-state index in [0.717, 1.165) is 5.56 Å². The van der Waals surface area contributed by atoms with Gasteiger partial charge in [-0.3, -0.25) is 4.79 Å². The van der Waals surface area contributed by atoms with Crippen LogP contribution in [0.15, 0.2) is 53.4 Å². The number of anilines is 1. The van der Waals surface area contributed by atoms with Crippen LogP contribution in [0.1, 0.15) is 18.4 Å². The van der Waals surface area contributed by atoms with Gasteiger partial charge in [0.15, 0.2) is 0 Å². The van der Waals surface area contributed by atoms with Gasteiger partial charge in [0.2, 0.25) is 15.9 Å². The minimum absolute atomic E-state index is 0.0639. The molecule has 132 valence electrons. The summed E-state index contributed by atoms with van der Waals surface area (Å²) in [5.41, 5.74) is 0.867. The predicted molar refractivity (Wildman–Crippen MR) is 93.1 cm³/mol. The first kappa shape index (κ1) is 17.6. The predicted octanol–water partition coefficient (Wildman–Crippen LogP) is 2.93. The Kier molecular flexibility index (Phi) is 4.87. The molecular weight excluding hydrogens is 343 g/mol. The van der Waals surface area contributed by atoms with Crippen LogP contribution in [0.4, 0.5) is 10.1 Å². The van der Waals surface area contributed by atoms with E-state index in [1.54, 1.807) is 31.2 Å². The zero-order valence-corrected chi connectivity index (χ0v) is 14.6. The molecular formula is C18H19FN2O3S. The lowest BCUT2D eigenvalue weighted by atomic mass is 10.2. The van der Waals surface area contributed by atoms with Gasteiger partial charge < -0.3 is 5.32 Å². The molecule has 1 atom stereocenters. The van der Waals surface area contributed by atoms with Gasteiger partial charge in [-0.1, -0.05) is 24.3 Å². The number of carbonyl (C=O) groups excluding carboxylic acids is 1. The van der Waals surface area contributed by atoms with Gasteiger partial charge >= 0.3 is 0 Å². The van der Waals surface area contributed by atoms with Gasteiger partial charge in [-0.15, -0.1) is 0 Å². The average Bonchev–Trinajstić information content (AvgIpc) is 3.09. The Balaban J connectivity index is 1.84. The highest BCUT2D eigenvalue weighted by Crippen LogP contribution is 2.27. The zero-order chi connectivity index (χ0) is 18.0. The van der Waals surface area contributed by atoms with Crippen LogP contribution in [0.25, 0.3) is 0 Å². The number of benzene rings is 2. The van der Waals surface area contributed by atoms with Crippen molar-refractivity contribution >= 4 is 21.6 Å². The Hall–Kier alpha value is -2.25. The lowest BCUT2D eigenvalue weighted by Crippen LogP contribution is -2.43. The summed E-state index contributed by atoms with van der Waals surface area (Å²) in [6, 6.07) is 11.6. The number of nitrogens with zero attached hydrogens (tertiary/aromatic N) is 1. The van der Waals surface area contributed by atoms with E-state index in [1.165, 1.54) is 28.6 Å². The molecule has 0 aromatic heterocycles. The van der Waals surface area contributed by atoms with Crippen molar-refractivity contribution in [3.8, 4) is 0 Å². The Morgan fingerprint density at radius 2 is 1.92 bits per heavy atom. The van der Waals surface area contributed by atoms with E-state index in [4.69, 9.17) is 0 Å². The van der Waals surface area contributed by atoms with Crippen molar-refractivity contribution in [2.24, 2.45) is 0 Å². The number of amides is 1. The smallest absolute Gasteiger partial charge is 0.243 e. The number of nitrogens with one attached hydrogen (secondary N) is 1. The average molecular weight is 362 g/mol. The number of hydrogen-bond acceptors (Lipinski definition) is 3. The fraction of sp³-hybridized carbons (Fsp3) is 0.278. The number of rotatable bonds is 4. The number of sulfonamides is 1. The molecule has 0 aliphatic carbocycles. The van der Waals surface area contributed by atoms with E-state index < -0.39 is 27.8 Å². The Morgan fingerprint density at radius 1 is 1.20 bits per heavy atom. The molecule has 0 saturated carbocycles. The Bertz CT molecular complexity index is 884. The largest absolute Gasteiger partial charge is 0.322 e. The second kappa shape index (κ2) is 6.93. The number of aryl methyl sites for hydroxylation is 1. The van der Waals surface area contributed by atoms with Crippen LogP contribution >= 0.6 is 0 Å². The maximum Gasteiger partial charge on any atom is 0.243 e. The molecule has 1 unspecified atom stereocenters.